The first-order valence-electron chi connectivity index (χ1n) is 12.4. The van der Waals surface area contributed by atoms with Crippen molar-refractivity contribution in [3.05, 3.63) is 58.8 Å². The lowest BCUT2D eigenvalue weighted by atomic mass is 9.98. The van der Waals surface area contributed by atoms with Gasteiger partial charge in [-0.3, -0.25) is 18.7 Å². The molecule has 2 heterocycles. The van der Waals surface area contributed by atoms with Crippen molar-refractivity contribution in [1.82, 2.24) is 19.5 Å². The maximum Gasteiger partial charge on any atom is 0.459 e. The zero-order valence-electron chi connectivity index (χ0n) is 22.9. The molecule has 15 heteroatoms. The van der Waals surface area contributed by atoms with Crippen molar-refractivity contribution >= 4 is 19.5 Å². The lowest BCUT2D eigenvalue weighted by Gasteiger charge is -2.25. The van der Waals surface area contributed by atoms with E-state index in [1.54, 1.807) is 37.2 Å². The maximum atomic E-state index is 15.7. The Morgan fingerprint density at radius 1 is 1.30 bits per heavy atom. The molecule has 1 unspecified atom stereocenters. The van der Waals surface area contributed by atoms with Crippen molar-refractivity contribution in [2.45, 2.75) is 50.4 Å². The second-order valence-corrected chi connectivity index (χ2v) is 11.5. The Morgan fingerprint density at radius 3 is 2.58 bits per heavy atom. The van der Waals surface area contributed by atoms with Crippen LogP contribution in [0.5, 0.6) is 5.75 Å². The van der Waals surface area contributed by atoms with Gasteiger partial charge in [0.05, 0.1) is 32.4 Å². The number of ether oxygens (including phenoxy) is 2. The van der Waals surface area contributed by atoms with Crippen molar-refractivity contribution in [2.75, 3.05) is 34.4 Å². The van der Waals surface area contributed by atoms with Crippen LogP contribution in [0.3, 0.4) is 0 Å². The number of aromatic nitrogens is 2. The molecule has 0 saturated carbocycles. The fourth-order valence-electron chi connectivity index (χ4n) is 4.03. The van der Waals surface area contributed by atoms with Crippen LogP contribution in [0.25, 0.3) is 0 Å². The van der Waals surface area contributed by atoms with Crippen molar-refractivity contribution < 1.29 is 42.2 Å². The second-order valence-electron chi connectivity index (χ2n) is 9.76. The largest absolute Gasteiger partial charge is 0.468 e. The molecule has 2 N–H and O–H groups in total. The van der Waals surface area contributed by atoms with E-state index in [4.69, 9.17) is 13.8 Å². The van der Waals surface area contributed by atoms with Gasteiger partial charge in [-0.15, -0.1) is 0 Å². The van der Waals surface area contributed by atoms with E-state index in [9.17, 15) is 24.1 Å². The fraction of sp³-hybridized carbons (Fsp3) is 0.520. The van der Waals surface area contributed by atoms with E-state index in [0.717, 1.165) is 18.6 Å². The van der Waals surface area contributed by atoms with Gasteiger partial charge in [0.25, 0.3) is 0 Å². The molecular formula is C25H34FN4O9P. The lowest BCUT2D eigenvalue weighted by Crippen LogP contribution is -2.43. The number of aliphatic hydroxyl groups is 1. The highest BCUT2D eigenvalue weighted by Crippen LogP contribution is 2.47. The van der Waals surface area contributed by atoms with E-state index in [-0.39, 0.29) is 30.2 Å². The molecular weight excluding hydrogens is 550 g/mol. The molecule has 40 heavy (non-hydrogen) atoms. The minimum absolute atomic E-state index is 0.0839. The zero-order chi connectivity index (χ0) is 29.7. The average molecular weight is 585 g/mol. The third-order valence-electron chi connectivity index (χ3n) is 6.01. The van der Waals surface area contributed by atoms with Crippen LogP contribution in [-0.2, 0) is 34.6 Å². The molecule has 0 aliphatic carbocycles. The number of carbonyl (C=O) groups excluding carboxylic acids is 2. The Bertz CT molecular complexity index is 1290. The number of hydrogen-bond donors (Lipinski definition) is 2. The molecule has 1 fully saturated rings. The molecule has 1 aliphatic rings. The number of ketones is 1. The van der Waals surface area contributed by atoms with Gasteiger partial charge in [0.2, 0.25) is 0 Å². The number of likely N-dealkylation sites (N-methyl/N-ethyl adjacent to an activating group) is 1. The molecule has 13 nitrogen and oxygen atoms in total. The summed E-state index contributed by atoms with van der Waals surface area (Å²) in [5.74, 6) is -0.752. The number of rotatable bonds is 13. The summed E-state index contributed by atoms with van der Waals surface area (Å²) in [6.45, 7) is 1.95. The van der Waals surface area contributed by atoms with Crippen LogP contribution in [0.1, 0.15) is 25.8 Å². The lowest BCUT2D eigenvalue weighted by molar-refractivity contribution is -0.142. The molecule has 1 saturated heterocycles. The van der Waals surface area contributed by atoms with Crippen molar-refractivity contribution in [3.8, 4) is 5.75 Å². The summed E-state index contributed by atoms with van der Waals surface area (Å²) in [4.78, 5) is 42.2. The third-order valence-corrected chi connectivity index (χ3v) is 7.66. The molecule has 1 aliphatic heterocycles. The van der Waals surface area contributed by atoms with Gasteiger partial charge < -0.3 is 24.0 Å². The summed E-state index contributed by atoms with van der Waals surface area (Å²) in [7, 11) is 0.321. The predicted octanol–water partition coefficient (Wildman–Crippen LogP) is 1.26. The zero-order valence-corrected chi connectivity index (χ0v) is 23.7. The number of methoxy groups -OCH3 is 1. The molecule has 1 aromatic carbocycles. The summed E-state index contributed by atoms with van der Waals surface area (Å²) in [6, 6.07) is 8.26. The minimum atomic E-state index is -4.30. The number of benzene rings is 1. The van der Waals surface area contributed by atoms with Crippen LogP contribution in [0, 0.1) is 0 Å². The number of halogens is 1. The highest BCUT2D eigenvalue weighted by atomic mass is 31.2. The molecule has 2 aromatic rings. The number of Topliss-reactive ketones (excluding diaryl/α,β-unsaturated/α-hetero) is 1. The Kier molecular flexibility index (Phi) is 10.3. The minimum Gasteiger partial charge on any atom is -0.468 e. The van der Waals surface area contributed by atoms with Crippen LogP contribution >= 0.6 is 7.75 Å². The molecule has 3 rings (SSSR count). The number of nitrogens with zero attached hydrogens (tertiary/aromatic N) is 3. The molecule has 0 radical (unpaired) electrons. The molecule has 220 valence electrons. The van der Waals surface area contributed by atoms with Gasteiger partial charge in [-0.1, -0.05) is 18.2 Å². The Hall–Kier alpha value is -3.00. The molecule has 1 aromatic heterocycles. The van der Waals surface area contributed by atoms with Crippen LogP contribution in [0.4, 0.5) is 4.39 Å². The molecule has 6 atom stereocenters. The van der Waals surface area contributed by atoms with Gasteiger partial charge in [-0.05, 0) is 46.1 Å². The molecule has 0 bridgehead atoms. The molecule has 0 amide bonds. The van der Waals surface area contributed by atoms with E-state index < -0.39 is 56.2 Å². The van der Waals surface area contributed by atoms with Crippen LogP contribution in [-0.4, -0.2) is 89.6 Å². The van der Waals surface area contributed by atoms with E-state index in [0.29, 0.717) is 0 Å². The second kappa shape index (κ2) is 13.1. The van der Waals surface area contributed by atoms with Gasteiger partial charge in [-0.25, -0.2) is 13.8 Å². The normalized spacial score (nSPS) is 24.9. The Balaban J connectivity index is 1.77. The van der Waals surface area contributed by atoms with Crippen molar-refractivity contribution in [2.24, 2.45) is 0 Å². The highest BCUT2D eigenvalue weighted by molar-refractivity contribution is 7.52. The first kappa shape index (κ1) is 31.5. The monoisotopic (exact) mass is 584 g/mol. The number of hydrogen-bond acceptors (Lipinski definition) is 11. The topological polar surface area (TPSA) is 159 Å². The van der Waals surface area contributed by atoms with Crippen LogP contribution in [0.2, 0.25) is 0 Å². The van der Waals surface area contributed by atoms with Gasteiger partial charge in [0.15, 0.2) is 17.7 Å². The van der Waals surface area contributed by atoms with Gasteiger partial charge in [0.1, 0.15) is 24.0 Å². The van der Waals surface area contributed by atoms with Gasteiger partial charge >= 0.3 is 19.4 Å². The van der Waals surface area contributed by atoms with Crippen LogP contribution < -0.4 is 15.3 Å². The first-order valence-corrected chi connectivity index (χ1v) is 13.9. The number of aliphatic hydroxyl groups excluding tert-OH is 1. The smallest absolute Gasteiger partial charge is 0.459 e. The highest BCUT2D eigenvalue weighted by Gasteiger charge is 2.56. The maximum absolute atomic E-state index is 15.7. The summed E-state index contributed by atoms with van der Waals surface area (Å²) in [6.07, 6.45) is -3.67. The standard InChI is InChI=1S/C25H34FN4O9P/c1-16(22(33)36-5)28-40(35,39-19-9-7-6-8-10-19)37-15-20-21(32)25(2,26)23(38-20)30-12-11-17(27-24(30)34)13-18(31)14-29(3)4/h6-12,16,20-21,23,32H,13-15H2,1-5H3,(H,28,35)/t16-,20-,21-,23-,25-,40?/m1/s1. The van der Waals surface area contributed by atoms with Gasteiger partial charge in [-0.2, -0.15) is 10.1 Å². The Morgan fingerprint density at radius 2 is 1.98 bits per heavy atom. The number of nitrogens with one attached hydrogen (secondary N) is 1. The van der Waals surface area contributed by atoms with Crippen molar-refractivity contribution in [3.63, 3.8) is 0 Å². The fourth-order valence-corrected chi connectivity index (χ4v) is 5.54. The summed E-state index contributed by atoms with van der Waals surface area (Å²) in [5.41, 5.74) is -3.17. The SMILES string of the molecule is COC(=O)[C@@H](C)NP(=O)(OC[C@H]1O[C@@H](n2ccc(CC(=O)CN(C)C)nc2=O)[C@](C)(F)[C@@H]1O)Oc1ccccc1. The first-order chi connectivity index (χ1) is 18.8. The predicted molar refractivity (Wildman–Crippen MR) is 140 cm³/mol. The van der Waals surface area contributed by atoms with E-state index in [1.165, 1.54) is 31.3 Å². The average Bonchev–Trinajstić information content (AvgIpc) is 3.10. The van der Waals surface area contributed by atoms with Crippen LogP contribution in [0.15, 0.2) is 47.4 Å². The third kappa shape index (κ3) is 7.80. The van der Waals surface area contributed by atoms with E-state index >= 15 is 4.39 Å². The van der Waals surface area contributed by atoms with Gasteiger partial charge in [0, 0.05) is 6.20 Å². The Labute approximate surface area is 230 Å². The van der Waals surface area contributed by atoms with E-state index in [1.807, 2.05) is 0 Å². The number of para-hydroxylation sites is 1. The summed E-state index contributed by atoms with van der Waals surface area (Å²) < 4.78 is 51.4. The number of esters is 1. The van der Waals surface area contributed by atoms with Crippen molar-refractivity contribution in [1.29, 1.82) is 0 Å². The number of carbonyl (C=O) groups is 2. The number of alkyl halides is 1. The quantitative estimate of drug-likeness (QED) is 0.257. The summed E-state index contributed by atoms with van der Waals surface area (Å²) in [5, 5.41) is 13.1. The summed E-state index contributed by atoms with van der Waals surface area (Å²) >= 11 is 0. The van der Waals surface area contributed by atoms with E-state index in [2.05, 4.69) is 14.8 Å². The molecule has 0 spiro atoms.